The van der Waals surface area contributed by atoms with E-state index in [1.165, 1.54) is 29.2 Å². The number of amides is 2. The minimum atomic E-state index is -1.35. The summed E-state index contributed by atoms with van der Waals surface area (Å²) in [5.74, 6) is -1.70. The number of hydrogen-bond donors (Lipinski definition) is 1. The maximum atomic E-state index is 14.0. The Morgan fingerprint density at radius 2 is 1.63 bits per heavy atom. The summed E-state index contributed by atoms with van der Waals surface area (Å²) in [5.41, 5.74) is 2.41. The van der Waals surface area contributed by atoms with Crippen molar-refractivity contribution in [3.63, 3.8) is 0 Å². The molecule has 1 N–H and O–H groups in total. The number of nitrogens with zero attached hydrogens (tertiary/aromatic N) is 3. The molecule has 0 radical (unpaired) electrons. The zero-order chi connectivity index (χ0) is 28.9. The Morgan fingerprint density at radius 3 is 2.39 bits per heavy atom. The van der Waals surface area contributed by atoms with Crippen molar-refractivity contribution < 1.29 is 19.3 Å². The van der Waals surface area contributed by atoms with E-state index in [4.69, 9.17) is 4.99 Å². The molecule has 5 rings (SSSR count). The molecule has 0 fully saturated rings. The van der Waals surface area contributed by atoms with Gasteiger partial charge in [0.05, 0.1) is 34.9 Å². The summed E-state index contributed by atoms with van der Waals surface area (Å²) in [6.07, 6.45) is -1.35. The van der Waals surface area contributed by atoms with Crippen molar-refractivity contribution in [1.82, 2.24) is 5.32 Å². The van der Waals surface area contributed by atoms with E-state index < -0.39 is 35.2 Å². The van der Waals surface area contributed by atoms with Crippen LogP contribution in [0, 0.1) is 10.1 Å². The molecule has 0 unspecified atom stereocenters. The maximum Gasteiger partial charge on any atom is 0.280 e. The number of rotatable bonds is 8. The standard InChI is InChI=1S/C31H23BrN4O5/c32-22-12-8-9-20(17-22)18-28(38)33-30-31(39)35(19-27(37)23-13-4-7-16-26(23)36(40)41)25-15-6-5-14-24(25)29(34-30)21-10-2-1-3-11-21/h1-17,30H,18-19H2,(H,33,38)/t30-/m0/s1. The summed E-state index contributed by atoms with van der Waals surface area (Å²) >= 11 is 3.40. The molecule has 9 nitrogen and oxygen atoms in total. The van der Waals surface area contributed by atoms with E-state index >= 15 is 0 Å². The van der Waals surface area contributed by atoms with Crippen molar-refractivity contribution >= 4 is 50.6 Å². The molecule has 204 valence electrons. The fourth-order valence-corrected chi connectivity index (χ4v) is 5.09. The lowest BCUT2D eigenvalue weighted by Crippen LogP contribution is -2.49. The third-order valence-corrected chi connectivity index (χ3v) is 7.00. The number of nitrogens with one attached hydrogen (secondary N) is 1. The highest BCUT2D eigenvalue weighted by atomic mass is 79.9. The monoisotopic (exact) mass is 610 g/mol. The van der Waals surface area contributed by atoms with Gasteiger partial charge >= 0.3 is 0 Å². The van der Waals surface area contributed by atoms with Gasteiger partial charge in [-0.05, 0) is 29.8 Å². The number of benzodiazepines with no additional fused rings is 1. The predicted molar refractivity (Wildman–Crippen MR) is 158 cm³/mol. The first-order valence-corrected chi connectivity index (χ1v) is 13.5. The fraction of sp³-hybridized carbons (Fsp3) is 0.0968. The molecule has 10 heteroatoms. The van der Waals surface area contributed by atoms with E-state index in [0.29, 0.717) is 22.5 Å². The Bertz CT molecular complexity index is 1690. The van der Waals surface area contributed by atoms with Gasteiger partial charge in [-0.3, -0.25) is 24.5 Å². The number of para-hydroxylation sites is 2. The third-order valence-electron chi connectivity index (χ3n) is 6.51. The van der Waals surface area contributed by atoms with Crippen LogP contribution in [0.25, 0.3) is 0 Å². The Balaban J connectivity index is 1.55. The summed E-state index contributed by atoms with van der Waals surface area (Å²) in [6.45, 7) is -0.490. The molecule has 1 atom stereocenters. The molecule has 0 saturated heterocycles. The van der Waals surface area contributed by atoms with Crippen LogP contribution in [0.5, 0.6) is 0 Å². The van der Waals surface area contributed by atoms with Crippen molar-refractivity contribution in [1.29, 1.82) is 0 Å². The number of nitro benzene ring substituents is 1. The molecule has 1 aliphatic heterocycles. The maximum absolute atomic E-state index is 14.0. The van der Waals surface area contributed by atoms with Crippen LogP contribution in [-0.4, -0.2) is 40.9 Å². The Morgan fingerprint density at radius 1 is 0.927 bits per heavy atom. The number of nitro groups is 1. The average molecular weight is 611 g/mol. The molecule has 2 amide bonds. The summed E-state index contributed by atoms with van der Waals surface area (Å²) in [6, 6.07) is 29.0. The topological polar surface area (TPSA) is 122 Å². The highest BCUT2D eigenvalue weighted by Gasteiger charge is 2.35. The molecule has 0 saturated carbocycles. The van der Waals surface area contributed by atoms with Crippen LogP contribution in [0.2, 0.25) is 0 Å². The Kier molecular flexibility index (Phi) is 8.11. The van der Waals surface area contributed by atoms with Gasteiger partial charge in [0, 0.05) is 21.7 Å². The summed E-state index contributed by atoms with van der Waals surface area (Å²) in [7, 11) is 0. The SMILES string of the molecule is O=C(Cc1cccc(Br)c1)N[C@H]1N=C(c2ccccc2)c2ccccc2N(CC(=O)c2ccccc2[N+](=O)[O-])C1=O. The number of carbonyl (C=O) groups is 3. The van der Waals surface area contributed by atoms with Crippen LogP contribution in [0.1, 0.15) is 27.0 Å². The second-order valence-electron chi connectivity index (χ2n) is 9.26. The number of aliphatic imine (C=N–C) groups is 1. The molecule has 4 aromatic rings. The number of benzene rings is 4. The van der Waals surface area contributed by atoms with Crippen molar-refractivity contribution in [3.05, 3.63) is 140 Å². The van der Waals surface area contributed by atoms with E-state index in [9.17, 15) is 24.5 Å². The molecule has 0 aliphatic carbocycles. The molecule has 0 aromatic heterocycles. The fourth-order valence-electron chi connectivity index (χ4n) is 4.65. The second-order valence-corrected chi connectivity index (χ2v) is 10.2. The van der Waals surface area contributed by atoms with E-state index in [-0.39, 0.29) is 17.7 Å². The lowest BCUT2D eigenvalue weighted by atomic mass is 10.00. The van der Waals surface area contributed by atoms with Crippen LogP contribution >= 0.6 is 15.9 Å². The van der Waals surface area contributed by atoms with E-state index in [2.05, 4.69) is 21.2 Å². The Labute approximate surface area is 243 Å². The van der Waals surface area contributed by atoms with E-state index in [1.54, 1.807) is 36.4 Å². The van der Waals surface area contributed by atoms with Gasteiger partial charge in [0.2, 0.25) is 12.1 Å². The van der Waals surface area contributed by atoms with E-state index in [0.717, 1.165) is 10.0 Å². The van der Waals surface area contributed by atoms with Crippen molar-refractivity contribution in [3.8, 4) is 0 Å². The van der Waals surface area contributed by atoms with Crippen LogP contribution in [0.3, 0.4) is 0 Å². The number of ketones is 1. The van der Waals surface area contributed by atoms with Crippen LogP contribution in [0.15, 0.2) is 113 Å². The number of Topliss-reactive ketones (excluding diaryl/α,β-unsaturated/α-hetero) is 1. The van der Waals surface area contributed by atoms with Gasteiger partial charge in [0.25, 0.3) is 11.6 Å². The van der Waals surface area contributed by atoms with E-state index in [1.807, 2.05) is 42.5 Å². The molecule has 0 bridgehead atoms. The van der Waals surface area contributed by atoms with Gasteiger partial charge in [-0.1, -0.05) is 88.7 Å². The Hall–Kier alpha value is -4.96. The summed E-state index contributed by atoms with van der Waals surface area (Å²) in [5, 5.41) is 14.3. The quantitative estimate of drug-likeness (QED) is 0.169. The lowest BCUT2D eigenvalue weighted by Gasteiger charge is -2.25. The normalized spacial score (nSPS) is 14.5. The van der Waals surface area contributed by atoms with Gasteiger partial charge in [-0.2, -0.15) is 0 Å². The first-order chi connectivity index (χ1) is 19.8. The minimum absolute atomic E-state index is 0.00149. The predicted octanol–water partition coefficient (Wildman–Crippen LogP) is 5.11. The molecule has 1 aliphatic rings. The average Bonchev–Trinajstić information content (AvgIpc) is 3.08. The number of carbonyl (C=O) groups excluding carboxylic acids is 3. The van der Waals surface area contributed by atoms with Crippen LogP contribution in [0.4, 0.5) is 11.4 Å². The first kappa shape index (κ1) is 27.6. The smallest absolute Gasteiger partial charge is 0.280 e. The number of anilines is 1. The van der Waals surface area contributed by atoms with Gasteiger partial charge in [-0.15, -0.1) is 0 Å². The minimum Gasteiger partial charge on any atom is -0.326 e. The zero-order valence-corrected chi connectivity index (χ0v) is 23.2. The zero-order valence-electron chi connectivity index (χ0n) is 21.6. The number of halogens is 1. The number of hydrogen-bond acceptors (Lipinski definition) is 6. The first-order valence-electron chi connectivity index (χ1n) is 12.7. The van der Waals surface area contributed by atoms with Crippen LogP contribution in [-0.2, 0) is 16.0 Å². The van der Waals surface area contributed by atoms with Gasteiger partial charge in [0.15, 0.2) is 5.78 Å². The van der Waals surface area contributed by atoms with Crippen molar-refractivity contribution in [2.75, 3.05) is 11.4 Å². The highest BCUT2D eigenvalue weighted by molar-refractivity contribution is 9.10. The highest BCUT2D eigenvalue weighted by Crippen LogP contribution is 2.29. The molecule has 41 heavy (non-hydrogen) atoms. The molecule has 4 aromatic carbocycles. The number of fused-ring (bicyclic) bond motifs is 1. The molecular weight excluding hydrogens is 588 g/mol. The van der Waals surface area contributed by atoms with Crippen LogP contribution < -0.4 is 10.2 Å². The summed E-state index contributed by atoms with van der Waals surface area (Å²) < 4.78 is 0.813. The molecule has 1 heterocycles. The largest absolute Gasteiger partial charge is 0.326 e. The lowest BCUT2D eigenvalue weighted by molar-refractivity contribution is -0.385. The third kappa shape index (κ3) is 6.12. The van der Waals surface area contributed by atoms with Crippen molar-refractivity contribution in [2.24, 2.45) is 4.99 Å². The molecule has 0 spiro atoms. The molecular formula is C31H23BrN4O5. The van der Waals surface area contributed by atoms with Gasteiger partial charge < -0.3 is 10.2 Å². The van der Waals surface area contributed by atoms with Gasteiger partial charge in [-0.25, -0.2) is 4.99 Å². The van der Waals surface area contributed by atoms with Crippen molar-refractivity contribution in [2.45, 2.75) is 12.6 Å². The second kappa shape index (κ2) is 12.1. The van der Waals surface area contributed by atoms with Gasteiger partial charge in [0.1, 0.15) is 0 Å². The summed E-state index contributed by atoms with van der Waals surface area (Å²) in [4.78, 5) is 57.5.